The highest BCUT2D eigenvalue weighted by Gasteiger charge is 2.38. The van der Waals surface area contributed by atoms with E-state index in [9.17, 15) is 0 Å². The monoisotopic (exact) mass is 257 g/mol. The summed E-state index contributed by atoms with van der Waals surface area (Å²) in [6.07, 6.45) is 5.97. The van der Waals surface area contributed by atoms with E-state index in [0.29, 0.717) is 0 Å². The molecule has 2 aliphatic rings. The summed E-state index contributed by atoms with van der Waals surface area (Å²) >= 11 is 0. The second kappa shape index (κ2) is 4.85. The number of hydrogen-bond donors (Lipinski definition) is 1. The van der Waals surface area contributed by atoms with Gasteiger partial charge < -0.3 is 5.32 Å². The first-order valence-corrected chi connectivity index (χ1v) is 7.87. The third-order valence-electron chi connectivity index (χ3n) is 5.20. The van der Waals surface area contributed by atoms with Gasteiger partial charge in [-0.05, 0) is 60.1 Å². The molecule has 3 unspecified atom stereocenters. The second-order valence-corrected chi connectivity index (χ2v) is 7.64. The van der Waals surface area contributed by atoms with Crippen molar-refractivity contribution in [2.75, 3.05) is 11.9 Å². The van der Waals surface area contributed by atoms with Gasteiger partial charge in [0.1, 0.15) is 0 Å². The minimum Gasteiger partial charge on any atom is -0.385 e. The topological polar surface area (TPSA) is 12.0 Å². The number of benzene rings is 1. The molecule has 3 atom stereocenters. The Morgan fingerprint density at radius 2 is 1.79 bits per heavy atom. The molecule has 104 valence electrons. The summed E-state index contributed by atoms with van der Waals surface area (Å²) < 4.78 is 0. The van der Waals surface area contributed by atoms with Gasteiger partial charge in [-0.2, -0.15) is 0 Å². The average Bonchev–Trinajstić information content (AvgIpc) is 2.98. The predicted molar refractivity (Wildman–Crippen MR) is 82.6 cm³/mol. The predicted octanol–water partition coefficient (Wildman–Crippen LogP) is 4.83. The molecule has 2 saturated carbocycles. The summed E-state index contributed by atoms with van der Waals surface area (Å²) in [6.45, 7) is 7.98. The molecule has 2 fully saturated rings. The molecule has 3 rings (SSSR count). The van der Waals surface area contributed by atoms with E-state index >= 15 is 0 Å². The van der Waals surface area contributed by atoms with Gasteiger partial charge in [-0.25, -0.2) is 0 Å². The Labute approximate surface area is 117 Å². The first kappa shape index (κ1) is 13.0. The Morgan fingerprint density at radius 3 is 2.32 bits per heavy atom. The average molecular weight is 257 g/mol. The van der Waals surface area contributed by atoms with Gasteiger partial charge in [0.05, 0.1) is 0 Å². The molecule has 2 bridgehead atoms. The number of nitrogens with one attached hydrogen (secondary N) is 1. The summed E-state index contributed by atoms with van der Waals surface area (Å²) in [7, 11) is 0. The largest absolute Gasteiger partial charge is 0.385 e. The van der Waals surface area contributed by atoms with E-state index in [-0.39, 0.29) is 5.41 Å². The Morgan fingerprint density at radius 1 is 1.05 bits per heavy atom. The van der Waals surface area contributed by atoms with Crippen LogP contribution < -0.4 is 5.32 Å². The maximum atomic E-state index is 3.65. The Kier molecular flexibility index (Phi) is 3.32. The van der Waals surface area contributed by atoms with E-state index in [4.69, 9.17) is 0 Å². The fourth-order valence-electron chi connectivity index (χ4n) is 3.96. The lowest BCUT2D eigenvalue weighted by molar-refractivity contribution is 0.348. The van der Waals surface area contributed by atoms with Crippen molar-refractivity contribution in [2.45, 2.75) is 51.9 Å². The van der Waals surface area contributed by atoms with Crippen LogP contribution >= 0.6 is 0 Å². The van der Waals surface area contributed by atoms with Gasteiger partial charge in [-0.15, -0.1) is 0 Å². The van der Waals surface area contributed by atoms with E-state index in [2.05, 4.69) is 50.4 Å². The lowest BCUT2D eigenvalue weighted by Crippen LogP contribution is -2.20. The van der Waals surface area contributed by atoms with Crippen LogP contribution in [0.4, 0.5) is 5.69 Å². The highest BCUT2D eigenvalue weighted by molar-refractivity contribution is 5.45. The molecule has 0 spiro atoms. The molecule has 0 saturated heterocycles. The van der Waals surface area contributed by atoms with E-state index in [0.717, 1.165) is 17.8 Å². The molecule has 2 aliphatic carbocycles. The van der Waals surface area contributed by atoms with Crippen LogP contribution in [0.25, 0.3) is 0 Å². The van der Waals surface area contributed by atoms with E-state index in [1.54, 1.807) is 0 Å². The Balaban J connectivity index is 1.56. The van der Waals surface area contributed by atoms with Crippen LogP contribution in [0.5, 0.6) is 0 Å². The third-order valence-corrected chi connectivity index (χ3v) is 5.20. The molecule has 1 heteroatoms. The minimum absolute atomic E-state index is 0.253. The zero-order chi connectivity index (χ0) is 13.5. The van der Waals surface area contributed by atoms with Crippen LogP contribution in [0.15, 0.2) is 24.3 Å². The molecule has 19 heavy (non-hydrogen) atoms. The first-order chi connectivity index (χ1) is 9.02. The van der Waals surface area contributed by atoms with E-state index in [1.807, 2.05) is 0 Å². The summed E-state index contributed by atoms with van der Waals surface area (Å²) in [6, 6.07) is 9.02. The standard InChI is InChI=1S/C18H27N/c1-18(2,3)16-6-8-17(9-7-16)19-12-15-11-13-4-5-14(15)10-13/h6-9,13-15,19H,4-5,10-12H2,1-3H3. The normalized spacial score (nSPS) is 29.7. The van der Waals surface area contributed by atoms with Gasteiger partial charge in [0.25, 0.3) is 0 Å². The molecule has 1 N–H and O–H groups in total. The van der Waals surface area contributed by atoms with Crippen molar-refractivity contribution in [3.05, 3.63) is 29.8 Å². The van der Waals surface area contributed by atoms with Gasteiger partial charge in [0, 0.05) is 12.2 Å². The summed E-state index contributed by atoms with van der Waals surface area (Å²) in [5.74, 6) is 3.01. The van der Waals surface area contributed by atoms with Crippen molar-refractivity contribution in [3.8, 4) is 0 Å². The molecule has 1 aromatic rings. The van der Waals surface area contributed by atoms with Gasteiger partial charge in [0.2, 0.25) is 0 Å². The number of rotatable bonds is 3. The van der Waals surface area contributed by atoms with Crippen molar-refractivity contribution in [3.63, 3.8) is 0 Å². The molecule has 1 aromatic carbocycles. The molecule has 0 heterocycles. The van der Waals surface area contributed by atoms with Gasteiger partial charge in [-0.3, -0.25) is 0 Å². The third kappa shape index (κ3) is 2.80. The Hall–Kier alpha value is -0.980. The van der Waals surface area contributed by atoms with E-state index in [1.165, 1.54) is 43.5 Å². The zero-order valence-electron chi connectivity index (χ0n) is 12.6. The molecule has 0 amide bonds. The van der Waals surface area contributed by atoms with Crippen LogP contribution in [-0.4, -0.2) is 6.54 Å². The maximum Gasteiger partial charge on any atom is 0.0340 e. The number of fused-ring (bicyclic) bond motifs is 2. The smallest absolute Gasteiger partial charge is 0.0340 e. The molecular weight excluding hydrogens is 230 g/mol. The quantitative estimate of drug-likeness (QED) is 0.817. The van der Waals surface area contributed by atoms with Crippen LogP contribution in [-0.2, 0) is 5.41 Å². The first-order valence-electron chi connectivity index (χ1n) is 7.87. The van der Waals surface area contributed by atoms with Gasteiger partial charge in [0.15, 0.2) is 0 Å². The van der Waals surface area contributed by atoms with Crippen LogP contribution in [0.2, 0.25) is 0 Å². The molecule has 0 aromatic heterocycles. The van der Waals surface area contributed by atoms with Crippen molar-refractivity contribution in [1.82, 2.24) is 0 Å². The van der Waals surface area contributed by atoms with Crippen LogP contribution in [0.1, 0.15) is 52.0 Å². The number of hydrogen-bond acceptors (Lipinski definition) is 1. The lowest BCUT2D eigenvalue weighted by atomic mass is 9.87. The minimum atomic E-state index is 0.253. The van der Waals surface area contributed by atoms with Crippen molar-refractivity contribution < 1.29 is 0 Å². The van der Waals surface area contributed by atoms with Crippen molar-refractivity contribution in [1.29, 1.82) is 0 Å². The lowest BCUT2D eigenvalue weighted by Gasteiger charge is -2.23. The fraction of sp³-hybridized carbons (Fsp3) is 0.667. The number of anilines is 1. The van der Waals surface area contributed by atoms with Crippen LogP contribution in [0, 0.1) is 17.8 Å². The SMILES string of the molecule is CC(C)(C)c1ccc(NCC2CC3CCC2C3)cc1. The highest BCUT2D eigenvalue weighted by Crippen LogP contribution is 2.48. The molecule has 1 nitrogen and oxygen atoms in total. The van der Waals surface area contributed by atoms with E-state index < -0.39 is 0 Å². The van der Waals surface area contributed by atoms with Crippen molar-refractivity contribution in [2.24, 2.45) is 17.8 Å². The zero-order valence-corrected chi connectivity index (χ0v) is 12.6. The summed E-state index contributed by atoms with van der Waals surface area (Å²) in [4.78, 5) is 0. The van der Waals surface area contributed by atoms with Crippen molar-refractivity contribution >= 4 is 5.69 Å². The summed E-state index contributed by atoms with van der Waals surface area (Å²) in [5, 5.41) is 3.65. The molecule has 0 radical (unpaired) electrons. The second-order valence-electron chi connectivity index (χ2n) is 7.64. The maximum absolute atomic E-state index is 3.65. The molecule has 0 aliphatic heterocycles. The molecular formula is C18H27N. The fourth-order valence-corrected chi connectivity index (χ4v) is 3.96. The summed E-state index contributed by atoms with van der Waals surface area (Å²) in [5.41, 5.74) is 2.96. The Bertz CT molecular complexity index is 426. The highest BCUT2D eigenvalue weighted by atomic mass is 14.9. The van der Waals surface area contributed by atoms with Gasteiger partial charge >= 0.3 is 0 Å². The van der Waals surface area contributed by atoms with Crippen LogP contribution in [0.3, 0.4) is 0 Å². The van der Waals surface area contributed by atoms with Gasteiger partial charge in [-0.1, -0.05) is 39.3 Å².